The minimum Gasteiger partial charge on any atom is -0.353 e. The molecule has 100 valence electrons. The van der Waals surface area contributed by atoms with Gasteiger partial charge in [-0.25, -0.2) is 0 Å². The highest BCUT2D eigenvalue weighted by Gasteiger charge is 2.13. The minimum absolute atomic E-state index is 0.0657. The number of rotatable bonds is 4. The summed E-state index contributed by atoms with van der Waals surface area (Å²) < 4.78 is 11.2. The second-order valence-electron chi connectivity index (χ2n) is 4.67. The summed E-state index contributed by atoms with van der Waals surface area (Å²) >= 11 is 0. The van der Waals surface area contributed by atoms with Gasteiger partial charge in [-0.1, -0.05) is 24.3 Å². The first-order valence-corrected chi connectivity index (χ1v) is 6.70. The Morgan fingerprint density at radius 3 is 3.05 bits per heavy atom. The first-order chi connectivity index (χ1) is 9.31. The van der Waals surface area contributed by atoms with E-state index < -0.39 is 0 Å². The Kier molecular flexibility index (Phi) is 5.14. The average molecular weight is 257 g/mol. The maximum absolute atomic E-state index is 9.07. The maximum Gasteiger partial charge on any atom is 0.157 e. The monoisotopic (exact) mass is 257 g/mol. The normalized spacial score (nSPS) is 20.0. The van der Waals surface area contributed by atoms with Gasteiger partial charge in [0.05, 0.1) is 18.2 Å². The van der Waals surface area contributed by atoms with Crippen LogP contribution in [0.25, 0.3) is 5.57 Å². The van der Waals surface area contributed by atoms with Crippen molar-refractivity contribution in [2.75, 3.05) is 13.2 Å². The zero-order valence-electron chi connectivity index (χ0n) is 11.3. The molecule has 0 aliphatic carbocycles. The molecule has 19 heavy (non-hydrogen) atoms. The Balaban J connectivity index is 1.93. The maximum atomic E-state index is 9.07. The van der Waals surface area contributed by atoms with E-state index in [0.29, 0.717) is 12.2 Å². The summed E-state index contributed by atoms with van der Waals surface area (Å²) in [6.45, 7) is 3.32. The van der Waals surface area contributed by atoms with Crippen LogP contribution in [0.5, 0.6) is 0 Å². The Morgan fingerprint density at radius 1 is 1.47 bits per heavy atom. The van der Waals surface area contributed by atoms with Crippen molar-refractivity contribution in [3.8, 4) is 6.07 Å². The van der Waals surface area contributed by atoms with Gasteiger partial charge >= 0.3 is 0 Å². The molecule has 1 saturated heterocycles. The summed E-state index contributed by atoms with van der Waals surface area (Å²) in [5.41, 5.74) is 2.73. The van der Waals surface area contributed by atoms with E-state index in [-0.39, 0.29) is 6.29 Å². The molecule has 0 bridgehead atoms. The third kappa shape index (κ3) is 3.92. The van der Waals surface area contributed by atoms with Crippen molar-refractivity contribution in [2.24, 2.45) is 0 Å². The van der Waals surface area contributed by atoms with Crippen LogP contribution in [0.2, 0.25) is 0 Å². The van der Waals surface area contributed by atoms with E-state index in [1.165, 1.54) is 6.42 Å². The summed E-state index contributed by atoms with van der Waals surface area (Å²) in [6, 6.07) is 9.82. The van der Waals surface area contributed by atoms with Gasteiger partial charge in [0.2, 0.25) is 0 Å². The number of allylic oxidation sites excluding steroid dienone is 1. The third-order valence-electron chi connectivity index (χ3n) is 3.28. The standard InChI is InChI=1S/C16H19NO2/c1-13(15-7-3-2-6-14(15)12-17)9-11-19-16-8-4-5-10-18-16/h2-3,6-7,9,16H,4-5,8,10-11H2,1H3/b13-9-. The molecular formula is C16H19NO2. The Bertz CT molecular complexity index is 482. The van der Waals surface area contributed by atoms with Crippen LogP contribution in [0.1, 0.15) is 37.3 Å². The molecule has 0 radical (unpaired) electrons. The molecule has 2 rings (SSSR count). The van der Waals surface area contributed by atoms with Crippen LogP contribution in [0, 0.1) is 11.3 Å². The van der Waals surface area contributed by atoms with Crippen molar-refractivity contribution in [1.29, 1.82) is 5.26 Å². The molecule has 0 aromatic heterocycles. The van der Waals surface area contributed by atoms with Gasteiger partial charge in [0.15, 0.2) is 6.29 Å². The van der Waals surface area contributed by atoms with Gasteiger partial charge in [-0.2, -0.15) is 5.26 Å². The molecule has 0 amide bonds. The lowest BCUT2D eigenvalue weighted by molar-refractivity contribution is -0.155. The summed E-state index contributed by atoms with van der Waals surface area (Å²) in [5, 5.41) is 9.07. The van der Waals surface area contributed by atoms with Gasteiger partial charge < -0.3 is 9.47 Å². The molecule has 3 heteroatoms. The first-order valence-electron chi connectivity index (χ1n) is 6.70. The van der Waals surface area contributed by atoms with Crippen molar-refractivity contribution in [3.05, 3.63) is 41.5 Å². The molecule has 0 spiro atoms. The SMILES string of the molecule is C/C(=C/COC1CCCCO1)c1ccccc1C#N. The summed E-state index contributed by atoms with van der Waals surface area (Å²) in [7, 11) is 0. The van der Waals surface area contributed by atoms with E-state index in [1.807, 2.05) is 37.3 Å². The number of nitriles is 1. The average Bonchev–Trinajstić information content (AvgIpc) is 2.48. The zero-order valence-corrected chi connectivity index (χ0v) is 11.3. The van der Waals surface area contributed by atoms with Crippen molar-refractivity contribution in [1.82, 2.24) is 0 Å². The van der Waals surface area contributed by atoms with Gasteiger partial charge in [-0.05, 0) is 43.4 Å². The topological polar surface area (TPSA) is 42.2 Å². The van der Waals surface area contributed by atoms with Crippen LogP contribution >= 0.6 is 0 Å². The van der Waals surface area contributed by atoms with Crippen molar-refractivity contribution < 1.29 is 9.47 Å². The fourth-order valence-corrected chi connectivity index (χ4v) is 2.16. The fourth-order valence-electron chi connectivity index (χ4n) is 2.16. The lowest BCUT2D eigenvalue weighted by Gasteiger charge is -2.22. The van der Waals surface area contributed by atoms with Crippen LogP contribution in [0.3, 0.4) is 0 Å². The number of hydrogen-bond acceptors (Lipinski definition) is 3. The second-order valence-corrected chi connectivity index (χ2v) is 4.67. The Hall–Kier alpha value is -1.63. The van der Waals surface area contributed by atoms with Gasteiger partial charge in [0.1, 0.15) is 0 Å². The molecule has 0 saturated carbocycles. The smallest absolute Gasteiger partial charge is 0.157 e. The molecule has 1 atom stereocenters. The minimum atomic E-state index is -0.0657. The highest BCUT2D eigenvalue weighted by molar-refractivity contribution is 5.68. The summed E-state index contributed by atoms with van der Waals surface area (Å²) in [6.07, 6.45) is 5.22. The second kappa shape index (κ2) is 7.08. The first kappa shape index (κ1) is 13.8. The highest BCUT2D eigenvalue weighted by Crippen LogP contribution is 2.19. The van der Waals surface area contributed by atoms with Crippen LogP contribution in [0.4, 0.5) is 0 Å². The zero-order chi connectivity index (χ0) is 13.5. The molecule has 1 heterocycles. The largest absolute Gasteiger partial charge is 0.353 e. The quantitative estimate of drug-likeness (QED) is 0.829. The van der Waals surface area contributed by atoms with Crippen LogP contribution in [0.15, 0.2) is 30.3 Å². The van der Waals surface area contributed by atoms with Gasteiger partial charge in [0, 0.05) is 6.61 Å². The molecule has 0 N–H and O–H groups in total. The molecule has 1 aliphatic rings. The van der Waals surface area contributed by atoms with Gasteiger partial charge in [-0.3, -0.25) is 0 Å². The van der Waals surface area contributed by atoms with E-state index in [1.54, 1.807) is 0 Å². The van der Waals surface area contributed by atoms with E-state index >= 15 is 0 Å². The molecular weight excluding hydrogens is 238 g/mol. The number of hydrogen-bond donors (Lipinski definition) is 0. The highest BCUT2D eigenvalue weighted by atomic mass is 16.7. The lowest BCUT2D eigenvalue weighted by Crippen LogP contribution is -2.22. The molecule has 1 aromatic rings. The van der Waals surface area contributed by atoms with E-state index in [9.17, 15) is 0 Å². The Labute approximate surface area is 114 Å². The van der Waals surface area contributed by atoms with E-state index in [0.717, 1.165) is 30.6 Å². The van der Waals surface area contributed by atoms with Crippen LogP contribution in [-0.2, 0) is 9.47 Å². The van der Waals surface area contributed by atoms with Crippen LogP contribution < -0.4 is 0 Å². The fraction of sp³-hybridized carbons (Fsp3) is 0.438. The third-order valence-corrected chi connectivity index (χ3v) is 3.28. The van der Waals surface area contributed by atoms with Crippen molar-refractivity contribution in [3.63, 3.8) is 0 Å². The van der Waals surface area contributed by atoms with Crippen LogP contribution in [-0.4, -0.2) is 19.5 Å². The van der Waals surface area contributed by atoms with Gasteiger partial charge in [0.25, 0.3) is 0 Å². The van der Waals surface area contributed by atoms with E-state index in [2.05, 4.69) is 6.07 Å². The summed E-state index contributed by atoms with van der Waals surface area (Å²) in [5.74, 6) is 0. The van der Waals surface area contributed by atoms with Crippen molar-refractivity contribution in [2.45, 2.75) is 32.5 Å². The molecule has 1 fully saturated rings. The molecule has 3 nitrogen and oxygen atoms in total. The van der Waals surface area contributed by atoms with Gasteiger partial charge in [-0.15, -0.1) is 0 Å². The lowest BCUT2D eigenvalue weighted by atomic mass is 10.0. The molecule has 1 aromatic carbocycles. The number of ether oxygens (including phenoxy) is 2. The van der Waals surface area contributed by atoms with E-state index in [4.69, 9.17) is 14.7 Å². The predicted octanol–water partition coefficient (Wildman–Crippen LogP) is 3.50. The summed E-state index contributed by atoms with van der Waals surface area (Å²) in [4.78, 5) is 0. The Morgan fingerprint density at radius 2 is 2.32 bits per heavy atom. The number of benzene rings is 1. The number of nitrogens with zero attached hydrogens (tertiary/aromatic N) is 1. The molecule has 1 unspecified atom stereocenters. The predicted molar refractivity (Wildman–Crippen MR) is 74.4 cm³/mol. The molecule has 1 aliphatic heterocycles. The van der Waals surface area contributed by atoms with Crippen molar-refractivity contribution >= 4 is 5.57 Å².